The molecule has 0 bridgehead atoms. The SMILES string of the molecule is CC(F)(F)C(F)(F)C(F)(F)P=O. The van der Waals surface area contributed by atoms with Crippen LogP contribution in [0.25, 0.3) is 0 Å². The van der Waals surface area contributed by atoms with Crippen LogP contribution >= 0.6 is 8.46 Å². The van der Waals surface area contributed by atoms with Crippen LogP contribution in [-0.4, -0.2) is 17.5 Å². The highest BCUT2D eigenvalue weighted by atomic mass is 31.1. The summed E-state index contributed by atoms with van der Waals surface area (Å²) in [4.78, 5) is 0. The van der Waals surface area contributed by atoms with E-state index in [1.807, 2.05) is 0 Å². The first-order valence-corrected chi connectivity index (χ1v) is 3.35. The van der Waals surface area contributed by atoms with Gasteiger partial charge in [-0.15, -0.1) is 0 Å². The zero-order chi connectivity index (χ0) is 10.2. The van der Waals surface area contributed by atoms with Gasteiger partial charge in [0, 0.05) is 6.92 Å². The van der Waals surface area contributed by atoms with Gasteiger partial charge in [0.25, 0.3) is 0 Å². The van der Waals surface area contributed by atoms with E-state index in [0.29, 0.717) is 0 Å². The van der Waals surface area contributed by atoms with Crippen LogP contribution < -0.4 is 0 Å². The molecule has 12 heavy (non-hydrogen) atoms. The van der Waals surface area contributed by atoms with Crippen LogP contribution in [0.1, 0.15) is 6.92 Å². The summed E-state index contributed by atoms with van der Waals surface area (Å²) in [5.41, 5.74) is -5.24. The predicted octanol–water partition coefficient (Wildman–Crippen LogP) is 3.16. The molecule has 0 radical (unpaired) electrons. The lowest BCUT2D eigenvalue weighted by atomic mass is 10.2. The lowest BCUT2D eigenvalue weighted by Gasteiger charge is -2.26. The van der Waals surface area contributed by atoms with E-state index in [1.165, 1.54) is 0 Å². The molecule has 0 aliphatic carbocycles. The summed E-state index contributed by atoms with van der Waals surface area (Å²) in [6.45, 7) is -0.369. The van der Waals surface area contributed by atoms with E-state index in [9.17, 15) is 30.9 Å². The van der Waals surface area contributed by atoms with Crippen LogP contribution in [0.5, 0.6) is 0 Å². The third kappa shape index (κ3) is 1.71. The molecule has 0 spiro atoms. The molecular formula is C4H3F6OP. The van der Waals surface area contributed by atoms with Crippen molar-refractivity contribution in [1.29, 1.82) is 0 Å². The highest BCUT2D eigenvalue weighted by Gasteiger charge is 2.70. The van der Waals surface area contributed by atoms with E-state index in [-0.39, 0.29) is 6.92 Å². The summed E-state index contributed by atoms with van der Waals surface area (Å²) < 4.78 is 80.8. The van der Waals surface area contributed by atoms with Gasteiger partial charge in [-0.05, 0) is 0 Å². The molecule has 0 amide bonds. The molecule has 0 rings (SSSR count). The maximum absolute atomic E-state index is 12.0. The van der Waals surface area contributed by atoms with Crippen molar-refractivity contribution in [3.05, 3.63) is 0 Å². The van der Waals surface area contributed by atoms with Gasteiger partial charge in [0.1, 0.15) is 0 Å². The van der Waals surface area contributed by atoms with E-state index in [4.69, 9.17) is 0 Å². The first-order chi connectivity index (χ1) is 5.06. The maximum atomic E-state index is 12.0. The predicted molar refractivity (Wildman–Crippen MR) is 28.1 cm³/mol. The quantitative estimate of drug-likeness (QED) is 0.518. The van der Waals surface area contributed by atoms with Gasteiger partial charge in [0.15, 0.2) is 0 Å². The van der Waals surface area contributed by atoms with Crippen molar-refractivity contribution in [2.45, 2.75) is 24.4 Å². The largest absolute Gasteiger partial charge is 0.392 e. The molecule has 0 atom stereocenters. The Morgan fingerprint density at radius 2 is 1.33 bits per heavy atom. The molecule has 1 nitrogen and oxygen atoms in total. The molecule has 0 saturated carbocycles. The van der Waals surface area contributed by atoms with Gasteiger partial charge >= 0.3 is 17.5 Å². The number of alkyl halides is 6. The minimum absolute atomic E-state index is 0.369. The van der Waals surface area contributed by atoms with Crippen molar-refractivity contribution in [2.75, 3.05) is 0 Å². The van der Waals surface area contributed by atoms with Crippen LogP contribution in [0.15, 0.2) is 0 Å². The summed E-state index contributed by atoms with van der Waals surface area (Å²) in [6.07, 6.45) is 0. The molecule has 0 aromatic rings. The molecule has 0 aromatic heterocycles. The normalized spacial score (nSPS) is 15.2. The molecule has 0 N–H and O–H groups in total. The van der Waals surface area contributed by atoms with Gasteiger partial charge in [0.2, 0.25) is 8.46 Å². The number of halogens is 6. The summed E-state index contributed by atoms with van der Waals surface area (Å²) >= 11 is 0. The minimum atomic E-state index is -5.61. The van der Waals surface area contributed by atoms with E-state index in [2.05, 4.69) is 0 Å². The third-order valence-electron chi connectivity index (χ3n) is 1.04. The van der Waals surface area contributed by atoms with Crippen molar-refractivity contribution in [2.24, 2.45) is 0 Å². The Labute approximate surface area is 64.9 Å². The fourth-order valence-corrected chi connectivity index (χ4v) is 0.632. The first-order valence-electron chi connectivity index (χ1n) is 2.54. The molecule has 8 heteroatoms. The minimum Gasteiger partial charge on any atom is -0.268 e. The fourth-order valence-electron chi connectivity index (χ4n) is 0.321. The first kappa shape index (κ1) is 11.7. The summed E-state index contributed by atoms with van der Waals surface area (Å²) in [7, 11) is -2.33. The van der Waals surface area contributed by atoms with Crippen LogP contribution in [0, 0.1) is 0 Å². The Morgan fingerprint density at radius 3 is 1.42 bits per heavy atom. The highest BCUT2D eigenvalue weighted by Crippen LogP contribution is 2.50. The van der Waals surface area contributed by atoms with Crippen molar-refractivity contribution >= 4 is 8.46 Å². The van der Waals surface area contributed by atoms with Gasteiger partial charge < -0.3 is 0 Å². The average molecular weight is 212 g/mol. The summed E-state index contributed by atoms with van der Waals surface area (Å²) in [5.74, 6) is -10.5. The highest BCUT2D eigenvalue weighted by molar-refractivity contribution is 7.25. The fraction of sp³-hybridized carbons (Fsp3) is 1.00. The lowest BCUT2D eigenvalue weighted by molar-refractivity contribution is -0.270. The topological polar surface area (TPSA) is 17.1 Å². The van der Waals surface area contributed by atoms with Crippen LogP contribution in [0.4, 0.5) is 26.3 Å². The molecule has 0 saturated heterocycles. The van der Waals surface area contributed by atoms with E-state index < -0.39 is 26.0 Å². The van der Waals surface area contributed by atoms with Gasteiger partial charge in [-0.3, -0.25) is 4.57 Å². The number of hydrogen-bond donors (Lipinski definition) is 0. The molecule has 0 aliphatic heterocycles. The van der Waals surface area contributed by atoms with E-state index in [1.54, 1.807) is 0 Å². The molecule has 0 unspecified atom stereocenters. The average Bonchev–Trinajstić information content (AvgIpc) is 1.85. The molecule has 0 aliphatic rings. The van der Waals surface area contributed by atoms with Crippen molar-refractivity contribution < 1.29 is 30.9 Å². The smallest absolute Gasteiger partial charge is 0.268 e. The van der Waals surface area contributed by atoms with Crippen molar-refractivity contribution in [1.82, 2.24) is 0 Å². The standard InChI is InChI=1S/C4H3F6OP/c1-2(5,6)3(7,8)4(9,10)12-11/h1H3. The molecule has 0 heterocycles. The zero-order valence-electron chi connectivity index (χ0n) is 5.62. The second-order valence-corrected chi connectivity index (χ2v) is 2.84. The lowest BCUT2D eigenvalue weighted by Crippen LogP contribution is -2.49. The van der Waals surface area contributed by atoms with E-state index >= 15 is 0 Å². The van der Waals surface area contributed by atoms with Crippen molar-refractivity contribution in [3.63, 3.8) is 0 Å². The Morgan fingerprint density at radius 1 is 1.00 bits per heavy atom. The van der Waals surface area contributed by atoms with Gasteiger partial charge in [-0.1, -0.05) is 0 Å². The number of rotatable bonds is 3. The van der Waals surface area contributed by atoms with Gasteiger partial charge in [-0.2, -0.15) is 26.3 Å². The van der Waals surface area contributed by atoms with Gasteiger partial charge in [-0.25, -0.2) is 0 Å². The second-order valence-electron chi connectivity index (χ2n) is 2.10. The third-order valence-corrected chi connectivity index (χ3v) is 1.55. The Balaban J connectivity index is 4.97. The molecule has 72 valence electrons. The van der Waals surface area contributed by atoms with Crippen LogP contribution in [-0.2, 0) is 4.57 Å². The molecule has 0 fully saturated rings. The summed E-state index contributed by atoms with van der Waals surface area (Å²) in [5, 5.41) is 0. The number of hydrogen-bond acceptors (Lipinski definition) is 1. The summed E-state index contributed by atoms with van der Waals surface area (Å²) in [6, 6.07) is 0. The van der Waals surface area contributed by atoms with Gasteiger partial charge in [0.05, 0.1) is 0 Å². The van der Waals surface area contributed by atoms with Crippen LogP contribution in [0.2, 0.25) is 0 Å². The molecular weight excluding hydrogens is 209 g/mol. The monoisotopic (exact) mass is 212 g/mol. The van der Waals surface area contributed by atoms with Crippen molar-refractivity contribution in [3.8, 4) is 0 Å². The maximum Gasteiger partial charge on any atom is 0.392 e. The molecule has 0 aromatic carbocycles. The Kier molecular flexibility index (Phi) is 2.79. The Bertz CT molecular complexity index is 184. The van der Waals surface area contributed by atoms with Crippen LogP contribution in [0.3, 0.4) is 0 Å². The second kappa shape index (κ2) is 2.87. The van der Waals surface area contributed by atoms with E-state index in [0.717, 1.165) is 0 Å². The Hall–Kier alpha value is -0.320. The zero-order valence-corrected chi connectivity index (χ0v) is 6.52.